The smallest absolute Gasteiger partial charge is 0.357 e. The predicted octanol–water partition coefficient (Wildman–Crippen LogP) is 5.68. The van der Waals surface area contributed by atoms with Crippen molar-refractivity contribution in [2.75, 3.05) is 17.9 Å². The van der Waals surface area contributed by atoms with E-state index in [0.717, 1.165) is 28.7 Å². The van der Waals surface area contributed by atoms with E-state index in [4.69, 9.17) is 23.2 Å². The lowest BCUT2D eigenvalue weighted by atomic mass is 10.1. The van der Waals surface area contributed by atoms with Gasteiger partial charge in [-0.1, -0.05) is 53.0 Å². The van der Waals surface area contributed by atoms with Crippen LogP contribution in [0.4, 0.5) is 18.9 Å². The van der Waals surface area contributed by atoms with E-state index in [1.54, 1.807) is 13.0 Å². The van der Waals surface area contributed by atoms with E-state index in [1.165, 1.54) is 50.4 Å². The van der Waals surface area contributed by atoms with E-state index in [0.29, 0.717) is 15.9 Å². The van der Waals surface area contributed by atoms with Gasteiger partial charge in [0.15, 0.2) is 0 Å². The largest absolute Gasteiger partial charge is 0.416 e. The summed E-state index contributed by atoms with van der Waals surface area (Å²) in [5.41, 5.74) is -0.420. The zero-order chi connectivity index (χ0) is 29.8. The van der Waals surface area contributed by atoms with Crippen molar-refractivity contribution >= 4 is 50.7 Å². The number of anilines is 1. The summed E-state index contributed by atoms with van der Waals surface area (Å²) >= 11 is 12.6. The highest BCUT2D eigenvalue weighted by atomic mass is 35.5. The van der Waals surface area contributed by atoms with E-state index in [1.807, 2.05) is 0 Å². The molecule has 3 aromatic carbocycles. The third-order valence-corrected chi connectivity index (χ3v) is 8.65. The van der Waals surface area contributed by atoms with Gasteiger partial charge in [-0.15, -0.1) is 0 Å². The Hall–Kier alpha value is -3.28. The van der Waals surface area contributed by atoms with Crippen molar-refractivity contribution in [1.82, 2.24) is 10.2 Å². The molecule has 1 atom stereocenters. The van der Waals surface area contributed by atoms with Crippen molar-refractivity contribution in [2.24, 2.45) is 0 Å². The Labute approximate surface area is 240 Å². The SMILES string of the molecule is CNC(=O)C(C)N(Cc1c(Cl)cccc1Cl)C(=O)CN(c1cccc(C(F)(F)F)c1)S(=O)(=O)c1ccc(C)cc1. The summed E-state index contributed by atoms with van der Waals surface area (Å²) in [6, 6.07) is 12.8. The Morgan fingerprint density at radius 2 is 1.55 bits per heavy atom. The fourth-order valence-electron chi connectivity index (χ4n) is 3.85. The first-order valence-corrected chi connectivity index (χ1v) is 14.1. The Kier molecular flexibility index (Phi) is 9.76. The first-order chi connectivity index (χ1) is 18.7. The normalized spacial score (nSPS) is 12.5. The van der Waals surface area contributed by atoms with E-state index in [-0.39, 0.29) is 27.2 Å². The summed E-state index contributed by atoms with van der Waals surface area (Å²) in [5.74, 6) is -1.44. The average Bonchev–Trinajstić information content (AvgIpc) is 2.90. The molecule has 214 valence electrons. The zero-order valence-corrected chi connectivity index (χ0v) is 24.0. The number of rotatable bonds is 9. The van der Waals surface area contributed by atoms with Crippen LogP contribution < -0.4 is 9.62 Å². The lowest BCUT2D eigenvalue weighted by Crippen LogP contribution is -2.50. The fourth-order valence-corrected chi connectivity index (χ4v) is 5.77. The molecule has 0 saturated carbocycles. The van der Waals surface area contributed by atoms with Crippen LogP contribution in [0.3, 0.4) is 0 Å². The molecule has 13 heteroatoms. The molecule has 0 heterocycles. The molecule has 40 heavy (non-hydrogen) atoms. The van der Waals surface area contributed by atoms with Crippen LogP contribution in [0.5, 0.6) is 0 Å². The average molecular weight is 616 g/mol. The minimum Gasteiger partial charge on any atom is -0.357 e. The Bertz CT molecular complexity index is 1480. The second kappa shape index (κ2) is 12.5. The minimum absolute atomic E-state index is 0.205. The van der Waals surface area contributed by atoms with Crippen LogP contribution in [0, 0.1) is 6.92 Å². The molecule has 2 amide bonds. The third-order valence-electron chi connectivity index (χ3n) is 6.15. The van der Waals surface area contributed by atoms with Crippen LogP contribution in [-0.2, 0) is 32.3 Å². The van der Waals surface area contributed by atoms with Crippen molar-refractivity contribution < 1.29 is 31.2 Å². The van der Waals surface area contributed by atoms with Gasteiger partial charge in [0.25, 0.3) is 10.0 Å². The standard InChI is InChI=1S/C27H26Cl2F3N3O4S/c1-17-10-12-21(13-11-17)40(38,39)35(20-7-4-6-19(14-20)27(30,31)32)16-25(36)34(18(2)26(37)33-3)15-22-23(28)8-5-9-24(22)29/h4-14,18H,15-16H2,1-3H3,(H,33,37). The minimum atomic E-state index is -4.76. The van der Waals surface area contributed by atoms with Crippen LogP contribution in [0.2, 0.25) is 10.0 Å². The molecule has 7 nitrogen and oxygen atoms in total. The molecule has 3 rings (SSSR count). The maximum atomic E-state index is 13.8. The summed E-state index contributed by atoms with van der Waals surface area (Å²) in [5, 5.41) is 2.84. The van der Waals surface area contributed by atoms with Crippen LogP contribution in [0.1, 0.15) is 23.6 Å². The van der Waals surface area contributed by atoms with E-state index >= 15 is 0 Å². The summed E-state index contributed by atoms with van der Waals surface area (Å²) in [4.78, 5) is 27.1. The number of likely N-dealkylation sites (N-methyl/N-ethyl adjacent to an activating group) is 1. The number of nitrogens with one attached hydrogen (secondary N) is 1. The quantitative estimate of drug-likeness (QED) is 0.335. The van der Waals surface area contributed by atoms with Crippen LogP contribution in [-0.4, -0.2) is 44.8 Å². The number of carbonyl (C=O) groups excluding carboxylic acids is 2. The molecule has 0 aliphatic heterocycles. The van der Waals surface area contributed by atoms with Gasteiger partial charge < -0.3 is 10.2 Å². The molecular formula is C27H26Cl2F3N3O4S. The number of halogens is 5. The molecule has 0 aliphatic carbocycles. The number of hydrogen-bond donors (Lipinski definition) is 1. The molecule has 3 aromatic rings. The first kappa shape index (κ1) is 31.3. The number of amides is 2. The molecule has 0 aliphatic rings. The molecule has 0 radical (unpaired) electrons. The Morgan fingerprint density at radius 1 is 0.975 bits per heavy atom. The topological polar surface area (TPSA) is 86.8 Å². The van der Waals surface area contributed by atoms with Gasteiger partial charge in [-0.3, -0.25) is 13.9 Å². The van der Waals surface area contributed by atoms with Gasteiger partial charge in [-0.25, -0.2) is 8.42 Å². The molecule has 1 N–H and O–H groups in total. The third kappa shape index (κ3) is 7.07. The van der Waals surface area contributed by atoms with Gasteiger partial charge in [-0.2, -0.15) is 13.2 Å². The molecule has 1 unspecified atom stereocenters. The van der Waals surface area contributed by atoms with E-state index in [2.05, 4.69) is 5.32 Å². The van der Waals surface area contributed by atoms with Crippen molar-refractivity contribution in [3.63, 3.8) is 0 Å². The van der Waals surface area contributed by atoms with Gasteiger partial charge >= 0.3 is 6.18 Å². The highest BCUT2D eigenvalue weighted by Crippen LogP contribution is 2.34. The van der Waals surface area contributed by atoms with Crippen molar-refractivity contribution in [1.29, 1.82) is 0 Å². The van der Waals surface area contributed by atoms with Crippen molar-refractivity contribution in [2.45, 2.75) is 37.5 Å². The molecule has 0 spiro atoms. The molecule has 0 saturated heterocycles. The molecule has 0 bridgehead atoms. The number of alkyl halides is 3. The number of aryl methyl sites for hydroxylation is 1. The fraction of sp³-hybridized carbons (Fsp3) is 0.259. The Balaban J connectivity index is 2.13. The van der Waals surface area contributed by atoms with Gasteiger partial charge in [0.05, 0.1) is 16.1 Å². The highest BCUT2D eigenvalue weighted by molar-refractivity contribution is 7.92. The lowest BCUT2D eigenvalue weighted by Gasteiger charge is -2.32. The summed E-state index contributed by atoms with van der Waals surface area (Å²) < 4.78 is 68.6. The van der Waals surface area contributed by atoms with Gasteiger partial charge in [0.2, 0.25) is 11.8 Å². The van der Waals surface area contributed by atoms with Crippen LogP contribution in [0.25, 0.3) is 0 Å². The summed E-state index contributed by atoms with van der Waals surface area (Å²) in [6.45, 7) is 1.97. The lowest BCUT2D eigenvalue weighted by molar-refractivity contribution is -0.139. The Morgan fingerprint density at radius 3 is 2.10 bits per heavy atom. The van der Waals surface area contributed by atoms with Gasteiger partial charge in [0, 0.05) is 29.2 Å². The number of carbonyl (C=O) groups is 2. The second-order valence-electron chi connectivity index (χ2n) is 8.88. The number of benzene rings is 3. The molecule has 0 fully saturated rings. The molecular weight excluding hydrogens is 590 g/mol. The monoisotopic (exact) mass is 615 g/mol. The van der Waals surface area contributed by atoms with E-state index < -0.39 is 46.2 Å². The number of nitrogens with zero attached hydrogens (tertiary/aromatic N) is 2. The van der Waals surface area contributed by atoms with Crippen LogP contribution >= 0.6 is 23.2 Å². The number of hydrogen-bond acceptors (Lipinski definition) is 4. The van der Waals surface area contributed by atoms with Crippen molar-refractivity contribution in [3.05, 3.63) is 93.5 Å². The predicted molar refractivity (Wildman–Crippen MR) is 148 cm³/mol. The molecule has 0 aromatic heterocycles. The maximum absolute atomic E-state index is 13.8. The summed E-state index contributed by atoms with van der Waals surface area (Å²) in [7, 11) is -3.17. The van der Waals surface area contributed by atoms with Crippen LogP contribution in [0.15, 0.2) is 71.6 Å². The second-order valence-corrected chi connectivity index (χ2v) is 11.6. The van der Waals surface area contributed by atoms with Gasteiger partial charge in [0.1, 0.15) is 12.6 Å². The van der Waals surface area contributed by atoms with Crippen molar-refractivity contribution in [3.8, 4) is 0 Å². The highest BCUT2D eigenvalue weighted by Gasteiger charge is 2.35. The summed E-state index contributed by atoms with van der Waals surface area (Å²) in [6.07, 6.45) is -4.76. The maximum Gasteiger partial charge on any atom is 0.416 e. The van der Waals surface area contributed by atoms with Gasteiger partial charge in [-0.05, 0) is 56.3 Å². The zero-order valence-electron chi connectivity index (χ0n) is 21.7. The van der Waals surface area contributed by atoms with E-state index in [9.17, 15) is 31.2 Å². The first-order valence-electron chi connectivity index (χ1n) is 11.9. The number of sulfonamides is 1.